The summed E-state index contributed by atoms with van der Waals surface area (Å²) in [6, 6.07) is 3.80. The number of methoxy groups -OCH3 is 1. The van der Waals surface area contributed by atoms with E-state index in [9.17, 15) is 19.7 Å². The average Bonchev–Trinajstić information content (AvgIpc) is 2.43. The molecular weight excluding hydrogens is 292 g/mol. The number of ether oxygens (including phenoxy) is 2. The maximum atomic E-state index is 11.8. The molecule has 0 spiro atoms. The van der Waals surface area contributed by atoms with Crippen molar-refractivity contribution in [1.82, 2.24) is 0 Å². The van der Waals surface area contributed by atoms with E-state index in [0.717, 1.165) is 0 Å². The molecule has 0 atom stereocenters. The van der Waals surface area contributed by atoms with Crippen molar-refractivity contribution in [2.75, 3.05) is 19.0 Å². The van der Waals surface area contributed by atoms with Crippen molar-refractivity contribution >= 4 is 23.3 Å². The van der Waals surface area contributed by atoms with Crippen LogP contribution in [0.15, 0.2) is 18.2 Å². The van der Waals surface area contributed by atoms with E-state index >= 15 is 0 Å². The first-order valence-electron chi connectivity index (χ1n) is 6.44. The molecule has 0 aliphatic heterocycles. The molecule has 8 heteroatoms. The monoisotopic (exact) mass is 310 g/mol. The number of rotatable bonds is 5. The van der Waals surface area contributed by atoms with Crippen LogP contribution in [0.5, 0.6) is 5.75 Å². The Bertz CT molecular complexity index is 591. The second-order valence-electron chi connectivity index (χ2n) is 5.52. The molecule has 0 aromatic heterocycles. The molecule has 1 N–H and O–H groups in total. The lowest BCUT2D eigenvalue weighted by Crippen LogP contribution is -2.28. The normalized spacial score (nSPS) is 10.7. The zero-order valence-electron chi connectivity index (χ0n) is 12.8. The number of nitrogens with zero attached hydrogens (tertiary/aromatic N) is 1. The van der Waals surface area contributed by atoms with Gasteiger partial charge in [0.15, 0.2) is 6.61 Å². The van der Waals surface area contributed by atoms with Gasteiger partial charge in [-0.3, -0.25) is 19.7 Å². The van der Waals surface area contributed by atoms with Crippen molar-refractivity contribution in [3.63, 3.8) is 0 Å². The number of anilines is 1. The molecular formula is C14H18N2O6. The molecule has 1 aromatic carbocycles. The van der Waals surface area contributed by atoms with E-state index in [1.165, 1.54) is 25.3 Å². The van der Waals surface area contributed by atoms with Crippen LogP contribution >= 0.6 is 0 Å². The number of nitro groups is 1. The van der Waals surface area contributed by atoms with E-state index in [2.05, 4.69) is 5.32 Å². The standard InChI is InChI=1S/C14H18N2O6/c1-14(2,3)13(18)22-8-12(17)15-10-7-9(16(19)20)5-6-11(10)21-4/h5-7H,8H2,1-4H3,(H,15,17). The van der Waals surface area contributed by atoms with E-state index in [-0.39, 0.29) is 17.1 Å². The number of hydrogen-bond acceptors (Lipinski definition) is 6. The van der Waals surface area contributed by atoms with Gasteiger partial charge in [0.05, 0.1) is 23.1 Å². The number of hydrogen-bond donors (Lipinski definition) is 1. The van der Waals surface area contributed by atoms with Gasteiger partial charge in [-0.1, -0.05) is 0 Å². The van der Waals surface area contributed by atoms with Gasteiger partial charge < -0.3 is 14.8 Å². The summed E-state index contributed by atoms with van der Waals surface area (Å²) in [5.41, 5.74) is -0.778. The van der Waals surface area contributed by atoms with Crippen LogP contribution in [0.3, 0.4) is 0 Å². The van der Waals surface area contributed by atoms with Gasteiger partial charge in [-0.25, -0.2) is 0 Å². The summed E-state index contributed by atoms with van der Waals surface area (Å²) >= 11 is 0. The van der Waals surface area contributed by atoms with Crippen LogP contribution in [-0.2, 0) is 14.3 Å². The molecule has 0 saturated heterocycles. The summed E-state index contributed by atoms with van der Waals surface area (Å²) in [5, 5.41) is 13.2. The number of esters is 1. The van der Waals surface area contributed by atoms with Gasteiger partial charge in [0.2, 0.25) is 0 Å². The molecule has 120 valence electrons. The molecule has 0 unspecified atom stereocenters. The Morgan fingerprint density at radius 1 is 1.32 bits per heavy atom. The van der Waals surface area contributed by atoms with Crippen LogP contribution in [0.1, 0.15) is 20.8 Å². The van der Waals surface area contributed by atoms with Crippen LogP contribution < -0.4 is 10.1 Å². The second kappa shape index (κ2) is 6.88. The molecule has 0 saturated carbocycles. The predicted octanol–water partition coefficient (Wildman–Crippen LogP) is 2.13. The average molecular weight is 310 g/mol. The highest BCUT2D eigenvalue weighted by molar-refractivity contribution is 5.94. The molecule has 0 radical (unpaired) electrons. The van der Waals surface area contributed by atoms with Crippen LogP contribution in [-0.4, -0.2) is 30.5 Å². The van der Waals surface area contributed by atoms with Crippen LogP contribution in [0.25, 0.3) is 0 Å². The molecule has 0 aliphatic rings. The fourth-order valence-electron chi connectivity index (χ4n) is 1.44. The Kier molecular flexibility index (Phi) is 5.44. The maximum absolute atomic E-state index is 11.8. The SMILES string of the molecule is COc1ccc([N+](=O)[O-])cc1NC(=O)COC(=O)C(C)(C)C. The largest absolute Gasteiger partial charge is 0.495 e. The summed E-state index contributed by atoms with van der Waals surface area (Å²) in [6.07, 6.45) is 0. The third-order valence-electron chi connectivity index (χ3n) is 2.61. The Morgan fingerprint density at radius 2 is 1.95 bits per heavy atom. The molecule has 1 amide bonds. The van der Waals surface area contributed by atoms with E-state index < -0.39 is 28.8 Å². The van der Waals surface area contributed by atoms with Crippen molar-refractivity contribution in [3.05, 3.63) is 28.3 Å². The van der Waals surface area contributed by atoms with E-state index in [4.69, 9.17) is 9.47 Å². The van der Waals surface area contributed by atoms with Gasteiger partial charge in [-0.15, -0.1) is 0 Å². The summed E-state index contributed by atoms with van der Waals surface area (Å²) in [4.78, 5) is 33.5. The Hall–Kier alpha value is -2.64. The number of amides is 1. The number of non-ortho nitro benzene ring substituents is 1. The smallest absolute Gasteiger partial charge is 0.311 e. The summed E-state index contributed by atoms with van der Waals surface area (Å²) in [5.74, 6) is -0.869. The fourth-order valence-corrected chi connectivity index (χ4v) is 1.44. The van der Waals surface area contributed by atoms with E-state index in [1.54, 1.807) is 20.8 Å². The van der Waals surface area contributed by atoms with Crippen molar-refractivity contribution in [2.45, 2.75) is 20.8 Å². The Labute approximate surface area is 127 Å². The highest BCUT2D eigenvalue weighted by atomic mass is 16.6. The number of carbonyl (C=O) groups excluding carboxylic acids is 2. The summed E-state index contributed by atoms with van der Waals surface area (Å²) < 4.78 is 9.88. The quantitative estimate of drug-likeness (QED) is 0.507. The Morgan fingerprint density at radius 3 is 2.45 bits per heavy atom. The van der Waals surface area contributed by atoms with Gasteiger partial charge in [-0.05, 0) is 26.8 Å². The van der Waals surface area contributed by atoms with Gasteiger partial charge in [0, 0.05) is 12.1 Å². The minimum absolute atomic E-state index is 0.133. The highest BCUT2D eigenvalue weighted by Gasteiger charge is 2.24. The third-order valence-corrected chi connectivity index (χ3v) is 2.61. The van der Waals surface area contributed by atoms with Gasteiger partial charge in [0.1, 0.15) is 5.75 Å². The molecule has 22 heavy (non-hydrogen) atoms. The lowest BCUT2D eigenvalue weighted by molar-refractivity contribution is -0.384. The van der Waals surface area contributed by atoms with Crippen molar-refractivity contribution < 1.29 is 24.0 Å². The van der Waals surface area contributed by atoms with Crippen LogP contribution in [0, 0.1) is 15.5 Å². The minimum atomic E-state index is -0.719. The number of benzene rings is 1. The molecule has 0 heterocycles. The van der Waals surface area contributed by atoms with Crippen LogP contribution in [0.4, 0.5) is 11.4 Å². The zero-order chi connectivity index (χ0) is 16.9. The maximum Gasteiger partial charge on any atom is 0.311 e. The first-order valence-corrected chi connectivity index (χ1v) is 6.44. The lowest BCUT2D eigenvalue weighted by Gasteiger charge is -2.16. The van der Waals surface area contributed by atoms with E-state index in [1.807, 2.05) is 0 Å². The molecule has 8 nitrogen and oxygen atoms in total. The number of nitrogens with one attached hydrogen (secondary N) is 1. The van der Waals surface area contributed by atoms with Crippen molar-refractivity contribution in [3.8, 4) is 5.75 Å². The molecule has 1 rings (SSSR count). The first kappa shape index (κ1) is 17.4. The third kappa shape index (κ3) is 4.72. The number of carbonyl (C=O) groups is 2. The lowest BCUT2D eigenvalue weighted by atomic mass is 9.97. The minimum Gasteiger partial charge on any atom is -0.495 e. The van der Waals surface area contributed by atoms with Crippen LogP contribution in [0.2, 0.25) is 0 Å². The van der Waals surface area contributed by atoms with Crippen molar-refractivity contribution in [2.24, 2.45) is 5.41 Å². The fraction of sp³-hybridized carbons (Fsp3) is 0.429. The van der Waals surface area contributed by atoms with Gasteiger partial charge in [0.25, 0.3) is 11.6 Å². The van der Waals surface area contributed by atoms with E-state index in [0.29, 0.717) is 0 Å². The van der Waals surface area contributed by atoms with Gasteiger partial charge in [-0.2, -0.15) is 0 Å². The van der Waals surface area contributed by atoms with Gasteiger partial charge >= 0.3 is 5.97 Å². The summed E-state index contributed by atoms with van der Waals surface area (Å²) in [6.45, 7) is 4.51. The highest BCUT2D eigenvalue weighted by Crippen LogP contribution is 2.28. The topological polar surface area (TPSA) is 108 Å². The molecule has 1 aromatic rings. The number of nitro benzene ring substituents is 1. The first-order chi connectivity index (χ1) is 10.1. The molecule has 0 aliphatic carbocycles. The molecule has 0 fully saturated rings. The van der Waals surface area contributed by atoms with Crippen molar-refractivity contribution in [1.29, 1.82) is 0 Å². The zero-order valence-corrected chi connectivity index (χ0v) is 12.8. The molecule has 0 bridgehead atoms. The Balaban J connectivity index is 2.77. The summed E-state index contributed by atoms with van der Waals surface area (Å²) in [7, 11) is 1.37. The predicted molar refractivity (Wildman–Crippen MR) is 78.7 cm³/mol. The second-order valence-corrected chi connectivity index (χ2v) is 5.52.